The van der Waals surface area contributed by atoms with Gasteiger partial charge in [0.25, 0.3) is 0 Å². The van der Waals surface area contributed by atoms with E-state index in [-0.39, 0.29) is 18.7 Å². The molecular formula is C12H19N2O3P. The molecule has 0 bridgehead atoms. The highest BCUT2D eigenvalue weighted by molar-refractivity contribution is 7.72. The molecule has 1 rings (SSSR count). The fraction of sp³-hybridized carbons (Fsp3) is 0.417. The summed E-state index contributed by atoms with van der Waals surface area (Å²) in [4.78, 5) is 0. The Morgan fingerprint density at radius 2 is 1.78 bits per heavy atom. The van der Waals surface area contributed by atoms with Gasteiger partial charge in [-0.25, -0.2) is 0 Å². The molecule has 0 heterocycles. The number of benzene rings is 1. The van der Waals surface area contributed by atoms with Gasteiger partial charge in [-0.05, 0) is 19.4 Å². The molecule has 0 unspecified atom stereocenters. The summed E-state index contributed by atoms with van der Waals surface area (Å²) in [5.41, 5.74) is 1.21. The summed E-state index contributed by atoms with van der Waals surface area (Å²) < 4.78 is 22.9. The van der Waals surface area contributed by atoms with Crippen molar-refractivity contribution in [2.75, 3.05) is 13.2 Å². The van der Waals surface area contributed by atoms with Crippen molar-refractivity contribution in [1.82, 2.24) is 0 Å². The minimum atomic E-state index is -3.37. The second-order valence-electron chi connectivity index (χ2n) is 3.54. The summed E-state index contributed by atoms with van der Waals surface area (Å²) >= 11 is 0. The highest BCUT2D eigenvalue weighted by Crippen LogP contribution is 2.50. The van der Waals surface area contributed by atoms with Gasteiger partial charge < -0.3 is 14.9 Å². The first-order chi connectivity index (χ1) is 8.66. The van der Waals surface area contributed by atoms with Crippen LogP contribution in [-0.2, 0) is 20.0 Å². The minimum Gasteiger partial charge on any atom is -0.323 e. The first-order valence-corrected chi connectivity index (χ1v) is 7.41. The number of hydrogen-bond acceptors (Lipinski definition) is 5. The van der Waals surface area contributed by atoms with Crippen LogP contribution in [0.15, 0.2) is 35.4 Å². The third-order valence-corrected chi connectivity index (χ3v) is 4.37. The largest absolute Gasteiger partial charge is 0.377 e. The lowest BCUT2D eigenvalue weighted by Gasteiger charge is -2.18. The monoisotopic (exact) mass is 270 g/mol. The molecule has 0 aromatic heterocycles. The topological polar surface area (TPSA) is 73.9 Å². The standard InChI is InChI=1S/C12H19N2O3P/c1-3-16-18(15,17-4-2)12(14-13)10-11-8-6-5-7-9-11/h5-9H,3-4,10,13H2,1-2H3. The molecular weight excluding hydrogens is 251 g/mol. The molecule has 0 amide bonds. The lowest BCUT2D eigenvalue weighted by molar-refractivity contribution is 0.232. The highest BCUT2D eigenvalue weighted by Gasteiger charge is 2.31. The molecule has 0 radical (unpaired) electrons. The molecule has 18 heavy (non-hydrogen) atoms. The van der Waals surface area contributed by atoms with Crippen LogP contribution in [0.3, 0.4) is 0 Å². The fourth-order valence-corrected chi connectivity index (χ4v) is 3.09. The van der Waals surface area contributed by atoms with Gasteiger partial charge in [-0.3, -0.25) is 4.57 Å². The van der Waals surface area contributed by atoms with Gasteiger partial charge in [-0.1, -0.05) is 30.3 Å². The number of hydrogen-bond donors (Lipinski definition) is 1. The predicted octanol–water partition coefficient (Wildman–Crippen LogP) is 2.77. The van der Waals surface area contributed by atoms with Gasteiger partial charge in [0.05, 0.1) is 13.2 Å². The maximum Gasteiger partial charge on any atom is 0.377 e. The van der Waals surface area contributed by atoms with Crippen LogP contribution in [0, 0.1) is 0 Å². The molecule has 0 aliphatic carbocycles. The van der Waals surface area contributed by atoms with Crippen LogP contribution >= 0.6 is 7.60 Å². The predicted molar refractivity (Wildman–Crippen MR) is 72.6 cm³/mol. The Bertz CT molecular complexity index is 424. The molecule has 1 aromatic carbocycles. The van der Waals surface area contributed by atoms with Crippen LogP contribution in [0.2, 0.25) is 0 Å². The molecule has 5 nitrogen and oxygen atoms in total. The van der Waals surface area contributed by atoms with Crippen molar-refractivity contribution in [2.24, 2.45) is 10.9 Å². The summed E-state index contributed by atoms with van der Waals surface area (Å²) in [7, 11) is -3.37. The average Bonchev–Trinajstić information content (AvgIpc) is 2.37. The Labute approximate surface area is 108 Å². The third-order valence-electron chi connectivity index (χ3n) is 2.27. The van der Waals surface area contributed by atoms with Gasteiger partial charge in [0.15, 0.2) is 5.45 Å². The molecule has 0 aliphatic rings. The molecule has 0 saturated carbocycles. The normalized spacial score (nSPS) is 12.7. The molecule has 0 aliphatic heterocycles. The Morgan fingerprint density at radius 1 is 1.22 bits per heavy atom. The van der Waals surface area contributed by atoms with Crippen molar-refractivity contribution < 1.29 is 13.6 Å². The van der Waals surface area contributed by atoms with Crippen LogP contribution in [0.1, 0.15) is 19.4 Å². The lowest BCUT2D eigenvalue weighted by atomic mass is 10.2. The van der Waals surface area contributed by atoms with E-state index in [0.717, 1.165) is 5.56 Å². The van der Waals surface area contributed by atoms with Crippen LogP contribution in [0.25, 0.3) is 0 Å². The van der Waals surface area contributed by atoms with E-state index in [1.807, 2.05) is 30.3 Å². The van der Waals surface area contributed by atoms with Crippen molar-refractivity contribution in [3.05, 3.63) is 35.9 Å². The van der Waals surface area contributed by atoms with Crippen LogP contribution in [0.4, 0.5) is 0 Å². The van der Waals surface area contributed by atoms with Crippen molar-refractivity contribution in [2.45, 2.75) is 20.3 Å². The first kappa shape index (κ1) is 14.9. The maximum absolute atomic E-state index is 12.5. The van der Waals surface area contributed by atoms with E-state index in [1.54, 1.807) is 13.8 Å². The van der Waals surface area contributed by atoms with E-state index in [0.29, 0.717) is 6.42 Å². The summed E-state index contributed by atoms with van der Waals surface area (Å²) in [5, 5.41) is 3.60. The van der Waals surface area contributed by atoms with Gasteiger partial charge in [0, 0.05) is 6.42 Å². The van der Waals surface area contributed by atoms with E-state index < -0.39 is 7.60 Å². The minimum absolute atomic E-state index is 0.248. The van der Waals surface area contributed by atoms with Crippen LogP contribution in [0.5, 0.6) is 0 Å². The zero-order valence-corrected chi connectivity index (χ0v) is 11.6. The Morgan fingerprint density at radius 3 is 2.22 bits per heavy atom. The van der Waals surface area contributed by atoms with Crippen LogP contribution in [-0.4, -0.2) is 18.7 Å². The van der Waals surface area contributed by atoms with Crippen LogP contribution < -0.4 is 5.84 Å². The second-order valence-corrected chi connectivity index (χ2v) is 5.57. The molecule has 0 spiro atoms. The Hall–Kier alpha value is -1.16. The zero-order chi connectivity index (χ0) is 13.4. The second kappa shape index (κ2) is 7.31. The molecule has 100 valence electrons. The molecule has 0 atom stereocenters. The molecule has 6 heteroatoms. The lowest BCUT2D eigenvalue weighted by Crippen LogP contribution is -2.12. The fourth-order valence-electron chi connectivity index (χ4n) is 1.52. The SMILES string of the molecule is CCOP(=O)(OCC)C(Cc1ccccc1)=NN. The van der Waals surface area contributed by atoms with E-state index in [1.165, 1.54) is 0 Å². The average molecular weight is 270 g/mol. The molecule has 1 aromatic rings. The Balaban J connectivity index is 2.91. The van der Waals surface area contributed by atoms with Gasteiger partial charge in [0.1, 0.15) is 0 Å². The summed E-state index contributed by atoms with van der Waals surface area (Å²) in [5.74, 6) is 5.32. The van der Waals surface area contributed by atoms with E-state index >= 15 is 0 Å². The van der Waals surface area contributed by atoms with E-state index in [4.69, 9.17) is 14.9 Å². The first-order valence-electron chi connectivity index (χ1n) is 5.86. The van der Waals surface area contributed by atoms with Crippen molar-refractivity contribution >= 4 is 13.0 Å². The van der Waals surface area contributed by atoms with Crippen molar-refractivity contribution in [1.29, 1.82) is 0 Å². The van der Waals surface area contributed by atoms with E-state index in [9.17, 15) is 4.57 Å². The molecule has 0 saturated heterocycles. The van der Waals surface area contributed by atoms with Crippen molar-refractivity contribution in [3.8, 4) is 0 Å². The van der Waals surface area contributed by atoms with Gasteiger partial charge in [0.2, 0.25) is 0 Å². The zero-order valence-electron chi connectivity index (χ0n) is 10.7. The third kappa shape index (κ3) is 3.95. The Kier molecular flexibility index (Phi) is 6.05. The molecule has 2 N–H and O–H groups in total. The summed E-state index contributed by atoms with van der Waals surface area (Å²) in [6.07, 6.45) is 0.356. The van der Waals surface area contributed by atoms with Gasteiger partial charge in [-0.15, -0.1) is 0 Å². The number of hydrazone groups is 1. The quantitative estimate of drug-likeness (QED) is 0.358. The summed E-state index contributed by atoms with van der Waals surface area (Å²) in [6, 6.07) is 9.53. The van der Waals surface area contributed by atoms with Gasteiger partial charge >= 0.3 is 7.60 Å². The smallest absolute Gasteiger partial charge is 0.323 e. The maximum atomic E-state index is 12.5. The number of rotatable bonds is 7. The number of nitrogens with two attached hydrogens (primary N) is 1. The van der Waals surface area contributed by atoms with E-state index in [2.05, 4.69) is 5.10 Å². The molecule has 0 fully saturated rings. The van der Waals surface area contributed by atoms with Gasteiger partial charge in [-0.2, -0.15) is 5.10 Å². The summed E-state index contributed by atoms with van der Waals surface area (Å²) in [6.45, 7) is 4.07. The highest BCUT2D eigenvalue weighted by atomic mass is 31.2. The van der Waals surface area contributed by atoms with Crippen molar-refractivity contribution in [3.63, 3.8) is 0 Å². The number of nitrogens with zero attached hydrogens (tertiary/aromatic N) is 1.